The van der Waals surface area contributed by atoms with Gasteiger partial charge in [-0.2, -0.15) is 0 Å². The molecule has 2 rings (SSSR count). The second-order valence-electron chi connectivity index (χ2n) is 5.11. The lowest BCUT2D eigenvalue weighted by Gasteiger charge is -2.14. The minimum absolute atomic E-state index is 0.0372. The Bertz CT molecular complexity index is 738. The van der Waals surface area contributed by atoms with Gasteiger partial charge in [0.05, 0.1) is 27.8 Å². The number of hydrogen-bond donors (Lipinski definition) is 0. The summed E-state index contributed by atoms with van der Waals surface area (Å²) < 4.78 is 34.6. The van der Waals surface area contributed by atoms with E-state index in [9.17, 15) is 9.18 Å². The predicted octanol–water partition coefficient (Wildman–Crippen LogP) is 3.90. The summed E-state index contributed by atoms with van der Waals surface area (Å²) >= 11 is 3.24. The summed E-state index contributed by atoms with van der Waals surface area (Å²) in [5, 5.41) is 0. The van der Waals surface area contributed by atoms with Crippen LogP contribution in [0.5, 0.6) is 17.2 Å². The molecule has 0 amide bonds. The molecule has 0 saturated heterocycles. The molecule has 7 heteroatoms. The van der Waals surface area contributed by atoms with Crippen LogP contribution in [0.2, 0.25) is 0 Å². The van der Waals surface area contributed by atoms with Gasteiger partial charge in [-0.1, -0.05) is 22.0 Å². The molecule has 0 atom stereocenters. The Morgan fingerprint density at radius 2 is 1.68 bits per heavy atom. The van der Waals surface area contributed by atoms with Crippen LogP contribution in [0.3, 0.4) is 0 Å². The first-order valence-electron chi connectivity index (χ1n) is 7.37. The zero-order valence-corrected chi connectivity index (χ0v) is 15.7. The fourth-order valence-corrected chi connectivity index (χ4v) is 2.72. The largest absolute Gasteiger partial charge is 0.493 e. The minimum Gasteiger partial charge on any atom is -0.493 e. The van der Waals surface area contributed by atoms with Gasteiger partial charge < -0.3 is 18.9 Å². The molecule has 0 unspecified atom stereocenters. The van der Waals surface area contributed by atoms with Crippen molar-refractivity contribution in [2.45, 2.75) is 13.0 Å². The summed E-state index contributed by atoms with van der Waals surface area (Å²) in [6.07, 6.45) is 0.0372. The molecule has 0 aliphatic rings. The lowest BCUT2D eigenvalue weighted by molar-refractivity contribution is -0.144. The van der Waals surface area contributed by atoms with Gasteiger partial charge in [0.1, 0.15) is 12.4 Å². The summed E-state index contributed by atoms with van der Waals surface area (Å²) in [7, 11) is 4.52. The van der Waals surface area contributed by atoms with Crippen LogP contribution in [-0.4, -0.2) is 27.3 Å². The first kappa shape index (κ1) is 19.1. The summed E-state index contributed by atoms with van der Waals surface area (Å²) in [5.41, 5.74) is 1.34. The first-order valence-corrected chi connectivity index (χ1v) is 8.16. The zero-order chi connectivity index (χ0) is 18.4. The van der Waals surface area contributed by atoms with E-state index in [1.165, 1.54) is 33.5 Å². The van der Waals surface area contributed by atoms with Crippen molar-refractivity contribution in [1.29, 1.82) is 0 Å². The molecular formula is C18H18BrFO5. The van der Waals surface area contributed by atoms with Crippen LogP contribution in [0, 0.1) is 5.82 Å². The molecule has 0 heterocycles. The number of ether oxygens (including phenoxy) is 4. The van der Waals surface area contributed by atoms with E-state index in [0.717, 1.165) is 0 Å². The molecule has 0 aliphatic carbocycles. The van der Waals surface area contributed by atoms with Gasteiger partial charge in [0.25, 0.3) is 0 Å². The smallest absolute Gasteiger partial charge is 0.310 e. The maximum Gasteiger partial charge on any atom is 0.310 e. The Labute approximate surface area is 153 Å². The topological polar surface area (TPSA) is 54.0 Å². The van der Waals surface area contributed by atoms with Crippen LogP contribution in [-0.2, 0) is 22.6 Å². The van der Waals surface area contributed by atoms with Crippen molar-refractivity contribution in [3.05, 3.63) is 51.7 Å². The molecular weight excluding hydrogens is 395 g/mol. The summed E-state index contributed by atoms with van der Waals surface area (Å²) in [5.74, 6) is 0.596. The monoisotopic (exact) mass is 412 g/mol. The lowest BCUT2D eigenvalue weighted by atomic mass is 10.1. The molecule has 0 bridgehead atoms. The second kappa shape index (κ2) is 8.71. The summed E-state index contributed by atoms with van der Waals surface area (Å²) in [6.45, 7) is 0.0458. The van der Waals surface area contributed by atoms with E-state index in [2.05, 4.69) is 15.9 Å². The predicted molar refractivity (Wildman–Crippen MR) is 93.7 cm³/mol. The van der Waals surface area contributed by atoms with E-state index >= 15 is 0 Å². The molecule has 0 radical (unpaired) electrons. The van der Waals surface area contributed by atoms with Crippen LogP contribution < -0.4 is 14.2 Å². The molecule has 0 aliphatic heterocycles. The van der Waals surface area contributed by atoms with E-state index in [0.29, 0.717) is 32.8 Å². The number of halogens is 2. The number of carbonyl (C=O) groups excluding carboxylic acids is 1. The summed E-state index contributed by atoms with van der Waals surface area (Å²) in [4.78, 5) is 12.1. The van der Waals surface area contributed by atoms with E-state index < -0.39 is 5.97 Å². The fourth-order valence-electron chi connectivity index (χ4n) is 2.25. The van der Waals surface area contributed by atoms with Gasteiger partial charge in [-0.25, -0.2) is 4.39 Å². The average Bonchev–Trinajstić information content (AvgIpc) is 2.60. The highest BCUT2D eigenvalue weighted by Crippen LogP contribution is 2.38. The SMILES string of the molecule is COc1cc(CC(=O)OCc2ccc(F)cc2Br)cc(OC)c1OC. The highest BCUT2D eigenvalue weighted by atomic mass is 79.9. The highest BCUT2D eigenvalue weighted by Gasteiger charge is 2.15. The first-order chi connectivity index (χ1) is 12.0. The minimum atomic E-state index is -0.425. The van der Waals surface area contributed by atoms with Crippen molar-refractivity contribution in [2.75, 3.05) is 21.3 Å². The van der Waals surface area contributed by atoms with E-state index in [1.54, 1.807) is 18.2 Å². The molecule has 0 N–H and O–H groups in total. The molecule has 25 heavy (non-hydrogen) atoms. The van der Waals surface area contributed by atoms with Crippen LogP contribution >= 0.6 is 15.9 Å². The van der Waals surface area contributed by atoms with Gasteiger partial charge >= 0.3 is 5.97 Å². The maximum absolute atomic E-state index is 13.1. The van der Waals surface area contributed by atoms with Crippen molar-refractivity contribution in [3.8, 4) is 17.2 Å². The van der Waals surface area contributed by atoms with Crippen LogP contribution in [0.25, 0.3) is 0 Å². The van der Waals surface area contributed by atoms with Crippen molar-refractivity contribution >= 4 is 21.9 Å². The third-order valence-corrected chi connectivity index (χ3v) is 4.21. The molecule has 0 spiro atoms. The molecule has 2 aromatic carbocycles. The Morgan fingerprint density at radius 1 is 1.04 bits per heavy atom. The average molecular weight is 413 g/mol. The quantitative estimate of drug-likeness (QED) is 0.645. The molecule has 0 saturated carbocycles. The number of rotatable bonds is 7. The van der Waals surface area contributed by atoms with Crippen molar-refractivity contribution in [1.82, 2.24) is 0 Å². The van der Waals surface area contributed by atoms with Crippen LogP contribution in [0.15, 0.2) is 34.8 Å². The number of esters is 1. The van der Waals surface area contributed by atoms with Crippen molar-refractivity contribution in [2.24, 2.45) is 0 Å². The fraction of sp³-hybridized carbons (Fsp3) is 0.278. The third-order valence-electron chi connectivity index (χ3n) is 3.48. The number of hydrogen-bond acceptors (Lipinski definition) is 5. The molecule has 5 nitrogen and oxygen atoms in total. The van der Waals surface area contributed by atoms with Crippen molar-refractivity contribution < 1.29 is 28.1 Å². The Hall–Kier alpha value is -2.28. The maximum atomic E-state index is 13.1. The van der Waals surface area contributed by atoms with Gasteiger partial charge in [-0.3, -0.25) is 4.79 Å². The van der Waals surface area contributed by atoms with Gasteiger partial charge in [-0.05, 0) is 29.8 Å². The molecule has 2 aromatic rings. The third kappa shape index (κ3) is 4.85. The molecule has 134 valence electrons. The molecule has 0 aromatic heterocycles. The second-order valence-corrected chi connectivity index (χ2v) is 5.96. The van der Waals surface area contributed by atoms with E-state index in [-0.39, 0.29) is 18.8 Å². The van der Waals surface area contributed by atoms with Crippen molar-refractivity contribution in [3.63, 3.8) is 0 Å². The standard InChI is InChI=1S/C18H18BrFO5/c1-22-15-6-11(7-16(23-2)18(15)24-3)8-17(21)25-10-12-4-5-13(20)9-14(12)19/h4-7,9H,8,10H2,1-3H3. The molecule has 0 fully saturated rings. The van der Waals surface area contributed by atoms with Crippen LogP contribution in [0.4, 0.5) is 4.39 Å². The number of benzene rings is 2. The Morgan fingerprint density at radius 3 is 2.20 bits per heavy atom. The highest BCUT2D eigenvalue weighted by molar-refractivity contribution is 9.10. The lowest BCUT2D eigenvalue weighted by Crippen LogP contribution is -2.09. The number of carbonyl (C=O) groups is 1. The van der Waals surface area contributed by atoms with Gasteiger partial charge in [0.2, 0.25) is 5.75 Å². The Kier molecular flexibility index (Phi) is 6.64. The normalized spacial score (nSPS) is 10.3. The van der Waals surface area contributed by atoms with E-state index in [1.807, 2.05) is 0 Å². The van der Waals surface area contributed by atoms with Gasteiger partial charge in [0, 0.05) is 10.0 Å². The Balaban J connectivity index is 2.07. The van der Waals surface area contributed by atoms with Gasteiger partial charge in [-0.15, -0.1) is 0 Å². The zero-order valence-electron chi connectivity index (χ0n) is 14.1. The van der Waals surface area contributed by atoms with Crippen LogP contribution in [0.1, 0.15) is 11.1 Å². The summed E-state index contributed by atoms with van der Waals surface area (Å²) in [6, 6.07) is 7.58. The number of methoxy groups -OCH3 is 3. The van der Waals surface area contributed by atoms with E-state index in [4.69, 9.17) is 18.9 Å². The van der Waals surface area contributed by atoms with Gasteiger partial charge in [0.15, 0.2) is 11.5 Å².